The van der Waals surface area contributed by atoms with Crippen molar-refractivity contribution in [2.75, 3.05) is 5.32 Å². The second kappa shape index (κ2) is 9.41. The first kappa shape index (κ1) is 24.5. The molecule has 0 aromatic heterocycles. The van der Waals surface area contributed by atoms with E-state index in [1.165, 1.54) is 0 Å². The van der Waals surface area contributed by atoms with Gasteiger partial charge in [-0.25, -0.2) is 0 Å². The topological polar surface area (TPSA) is 72.2 Å². The van der Waals surface area contributed by atoms with Crippen molar-refractivity contribution < 1.29 is 35.9 Å². The van der Waals surface area contributed by atoms with E-state index in [0.29, 0.717) is 31.4 Å². The number of rotatable bonds is 5. The van der Waals surface area contributed by atoms with Crippen LogP contribution >= 0.6 is 0 Å². The Hall–Kier alpha value is -2.10. The van der Waals surface area contributed by atoms with Crippen molar-refractivity contribution in [3.63, 3.8) is 0 Å². The molecule has 0 saturated heterocycles. The molecule has 0 spiro atoms. The minimum absolute atomic E-state index is 0.0127. The number of Topliss-reactive ketones (excluding diaryl/α,β-unsaturated/α-hetero) is 1. The Labute approximate surface area is 181 Å². The third-order valence-electron chi connectivity index (χ3n) is 6.47. The molecule has 1 aromatic carbocycles. The van der Waals surface area contributed by atoms with Crippen molar-refractivity contribution in [3.05, 3.63) is 29.3 Å². The molecule has 1 aromatic rings. The number of carbonyl (C=O) groups excluding carboxylic acids is 2. The van der Waals surface area contributed by atoms with Gasteiger partial charge in [0.05, 0.1) is 11.1 Å². The van der Waals surface area contributed by atoms with Crippen LogP contribution in [-0.2, 0) is 21.9 Å². The fourth-order valence-corrected chi connectivity index (χ4v) is 4.84. The van der Waals surface area contributed by atoms with Crippen LogP contribution in [0.15, 0.2) is 18.2 Å². The molecule has 4 nitrogen and oxygen atoms in total. The molecule has 0 radical (unpaired) electrons. The van der Waals surface area contributed by atoms with Crippen molar-refractivity contribution in [2.24, 2.45) is 23.5 Å². The molecule has 0 aliphatic heterocycles. The summed E-state index contributed by atoms with van der Waals surface area (Å²) >= 11 is 0. The van der Waals surface area contributed by atoms with Crippen LogP contribution < -0.4 is 11.1 Å². The molecular weight excluding hydrogens is 438 g/mol. The summed E-state index contributed by atoms with van der Waals surface area (Å²) in [6.07, 6.45) is -4.82. The maximum absolute atomic E-state index is 13.0. The summed E-state index contributed by atoms with van der Waals surface area (Å²) in [6.45, 7) is 0. The van der Waals surface area contributed by atoms with Crippen molar-refractivity contribution in [3.8, 4) is 0 Å². The zero-order valence-electron chi connectivity index (χ0n) is 17.4. The number of nitrogens with two attached hydrogens (primary N) is 1. The predicted octanol–water partition coefficient (Wildman–Crippen LogP) is 5.56. The summed E-state index contributed by atoms with van der Waals surface area (Å²) in [6, 6.07) is 0.831. The van der Waals surface area contributed by atoms with E-state index in [1.807, 2.05) is 0 Å². The Morgan fingerprint density at radius 3 is 2.06 bits per heavy atom. The summed E-state index contributed by atoms with van der Waals surface area (Å²) in [5.74, 6) is -1.09. The number of ketones is 1. The second-order valence-electron chi connectivity index (χ2n) is 8.88. The minimum Gasteiger partial charge on any atom is -0.327 e. The smallest absolute Gasteiger partial charge is 0.327 e. The average Bonchev–Trinajstić information content (AvgIpc) is 3.14. The zero-order valence-corrected chi connectivity index (χ0v) is 17.4. The lowest BCUT2D eigenvalue weighted by Crippen LogP contribution is -2.40. The Balaban J connectivity index is 1.62. The van der Waals surface area contributed by atoms with E-state index >= 15 is 0 Å². The highest BCUT2D eigenvalue weighted by atomic mass is 19.4. The molecular formula is C22H26F6N2O2. The summed E-state index contributed by atoms with van der Waals surface area (Å²) in [4.78, 5) is 25.1. The molecule has 4 unspecified atom stereocenters. The second-order valence-corrected chi connectivity index (χ2v) is 8.88. The number of alkyl halides is 6. The van der Waals surface area contributed by atoms with Gasteiger partial charge in [-0.1, -0.05) is 12.8 Å². The van der Waals surface area contributed by atoms with Crippen molar-refractivity contribution in [1.29, 1.82) is 0 Å². The highest BCUT2D eigenvalue weighted by Crippen LogP contribution is 2.39. The number of nitrogens with one attached hydrogen (secondary N) is 1. The van der Waals surface area contributed by atoms with E-state index in [-0.39, 0.29) is 42.1 Å². The normalized spacial score (nSPS) is 26.7. The van der Waals surface area contributed by atoms with Gasteiger partial charge in [0.25, 0.3) is 0 Å². The van der Waals surface area contributed by atoms with Crippen LogP contribution in [0.5, 0.6) is 0 Å². The van der Waals surface area contributed by atoms with E-state index in [1.54, 1.807) is 0 Å². The average molecular weight is 464 g/mol. The highest BCUT2D eigenvalue weighted by Gasteiger charge is 2.39. The maximum atomic E-state index is 13.0. The number of halogens is 6. The van der Waals surface area contributed by atoms with Gasteiger partial charge in [-0.05, 0) is 56.2 Å². The van der Waals surface area contributed by atoms with Gasteiger partial charge < -0.3 is 11.1 Å². The molecule has 3 rings (SSSR count). The van der Waals surface area contributed by atoms with Crippen LogP contribution in [0.4, 0.5) is 32.0 Å². The van der Waals surface area contributed by atoms with E-state index < -0.39 is 35.1 Å². The number of amides is 1. The summed E-state index contributed by atoms with van der Waals surface area (Å²) in [5, 5.41) is 2.16. The molecule has 0 heterocycles. The van der Waals surface area contributed by atoms with Gasteiger partial charge in [0.1, 0.15) is 5.78 Å². The molecule has 3 N–H and O–H groups in total. The summed E-state index contributed by atoms with van der Waals surface area (Å²) in [5.41, 5.74) is 2.55. The van der Waals surface area contributed by atoms with Crippen molar-refractivity contribution >= 4 is 17.4 Å². The lowest BCUT2D eigenvalue weighted by molar-refractivity contribution is -0.143. The molecule has 10 heteroatoms. The molecule has 32 heavy (non-hydrogen) atoms. The number of hydrogen-bond acceptors (Lipinski definition) is 3. The van der Waals surface area contributed by atoms with Crippen LogP contribution in [0.3, 0.4) is 0 Å². The minimum atomic E-state index is -4.99. The third-order valence-corrected chi connectivity index (χ3v) is 6.47. The van der Waals surface area contributed by atoms with Gasteiger partial charge in [0.2, 0.25) is 5.91 Å². The fraction of sp³-hybridized carbons (Fsp3) is 0.636. The first-order valence-electron chi connectivity index (χ1n) is 10.7. The first-order valence-corrected chi connectivity index (χ1v) is 10.7. The molecule has 4 atom stereocenters. The van der Waals surface area contributed by atoms with Crippen LogP contribution in [0, 0.1) is 17.8 Å². The van der Waals surface area contributed by atoms with Gasteiger partial charge in [0, 0.05) is 30.0 Å². The molecule has 2 fully saturated rings. The lowest BCUT2D eigenvalue weighted by atomic mass is 9.78. The molecule has 2 saturated carbocycles. The lowest BCUT2D eigenvalue weighted by Gasteiger charge is -2.29. The molecule has 1 amide bonds. The Kier molecular flexibility index (Phi) is 7.21. The van der Waals surface area contributed by atoms with Crippen LogP contribution in [-0.4, -0.2) is 17.7 Å². The molecule has 2 aliphatic carbocycles. The van der Waals surface area contributed by atoms with Crippen LogP contribution in [0.2, 0.25) is 0 Å². The van der Waals surface area contributed by atoms with E-state index in [0.717, 1.165) is 25.7 Å². The molecule has 2 aliphatic rings. The fourth-order valence-electron chi connectivity index (χ4n) is 4.84. The largest absolute Gasteiger partial charge is 0.416 e. The summed E-state index contributed by atoms with van der Waals surface area (Å²) in [7, 11) is 0. The van der Waals surface area contributed by atoms with Crippen molar-refractivity contribution in [1.82, 2.24) is 0 Å². The number of carbonyl (C=O) groups is 2. The quantitative estimate of drug-likeness (QED) is 0.561. The van der Waals surface area contributed by atoms with Crippen molar-refractivity contribution in [2.45, 2.75) is 69.8 Å². The highest BCUT2D eigenvalue weighted by molar-refractivity contribution is 5.91. The Bertz CT molecular complexity index is 820. The first-order chi connectivity index (χ1) is 14.8. The Morgan fingerprint density at radius 2 is 1.50 bits per heavy atom. The van der Waals surface area contributed by atoms with Gasteiger partial charge in [0.15, 0.2) is 0 Å². The number of hydrogen-bond donors (Lipinski definition) is 2. The van der Waals surface area contributed by atoms with E-state index in [9.17, 15) is 35.9 Å². The van der Waals surface area contributed by atoms with Gasteiger partial charge in [-0.15, -0.1) is 0 Å². The van der Waals surface area contributed by atoms with Gasteiger partial charge >= 0.3 is 12.4 Å². The monoisotopic (exact) mass is 464 g/mol. The maximum Gasteiger partial charge on any atom is 0.416 e. The van der Waals surface area contributed by atoms with Crippen LogP contribution in [0.1, 0.15) is 62.5 Å². The summed E-state index contributed by atoms with van der Waals surface area (Å²) < 4.78 is 77.9. The number of anilines is 1. The van der Waals surface area contributed by atoms with Gasteiger partial charge in [-0.2, -0.15) is 26.3 Å². The molecule has 178 valence electrons. The van der Waals surface area contributed by atoms with E-state index in [4.69, 9.17) is 5.73 Å². The van der Waals surface area contributed by atoms with Crippen LogP contribution in [0.25, 0.3) is 0 Å². The van der Waals surface area contributed by atoms with E-state index in [2.05, 4.69) is 5.32 Å². The Morgan fingerprint density at radius 1 is 0.906 bits per heavy atom. The zero-order chi connectivity index (χ0) is 23.7. The number of benzene rings is 1. The predicted molar refractivity (Wildman–Crippen MR) is 105 cm³/mol. The van der Waals surface area contributed by atoms with Gasteiger partial charge in [-0.3, -0.25) is 9.59 Å². The SMILES string of the molecule is NC1CCCCC1C(=O)C1CCC(CC(=O)Nc2cc(C(F)(F)F)cc(C(F)(F)F)c2)C1. The third kappa shape index (κ3) is 6.02. The molecule has 0 bridgehead atoms. The standard InChI is InChI=1S/C22H26F6N2O2/c23-21(24,25)14-9-15(22(26,27)28)11-16(10-14)30-19(31)8-12-5-6-13(7-12)20(32)17-3-1-2-4-18(17)29/h9-13,17-18H,1-8,29H2,(H,30,31).